The predicted molar refractivity (Wildman–Crippen MR) is 523 cm³/mol. The van der Waals surface area contributed by atoms with Crippen molar-refractivity contribution in [2.75, 3.05) is 13.1 Å². The Balaban J connectivity index is 0.0000259. The van der Waals surface area contributed by atoms with Gasteiger partial charge in [0.1, 0.15) is 71.2 Å². The summed E-state index contributed by atoms with van der Waals surface area (Å²) in [6.45, 7) is 20.7. The minimum Gasteiger partial charge on any atom is -0.508 e. The molecule has 0 saturated carbocycles. The number of aliphatic hydroxyl groups excluding tert-OH is 1. The number of ketones is 4. The normalized spacial score (nSPS) is 21.6. The molecule has 1 aliphatic heterocycles. The second kappa shape index (κ2) is 58.8. The number of phenolic OH excluding ortho intramolecular Hbond substituents is 1. The van der Waals surface area contributed by atoms with E-state index in [1.165, 1.54) is 79.7 Å². The van der Waals surface area contributed by atoms with E-state index in [4.69, 9.17) is 11.5 Å². The first-order chi connectivity index (χ1) is 65.6. The van der Waals surface area contributed by atoms with Crippen molar-refractivity contribution in [3.05, 3.63) is 113 Å². The van der Waals surface area contributed by atoms with E-state index in [2.05, 4.69) is 84.7 Å². The number of carbonyl (C=O) groups excluding carboxylic acids is 19. The third kappa shape index (κ3) is 40.0. The molecule has 15 amide bonds. The minimum atomic E-state index is -2.22. The Kier molecular flexibility index (Phi) is 50.9. The summed E-state index contributed by atoms with van der Waals surface area (Å²) in [5.41, 5.74) is 7.97. The van der Waals surface area contributed by atoms with Gasteiger partial charge < -0.3 is 112 Å². The van der Waals surface area contributed by atoms with Gasteiger partial charge in [-0.25, -0.2) is 8.78 Å². The summed E-state index contributed by atoms with van der Waals surface area (Å²) in [6.07, 6.45) is 1.37. The van der Waals surface area contributed by atoms with Crippen molar-refractivity contribution in [2.24, 2.45) is 35.1 Å². The Labute approximate surface area is 826 Å². The number of carbonyl (C=O) groups is 20. The van der Waals surface area contributed by atoms with Gasteiger partial charge in [-0.15, -0.1) is 0 Å². The molecule has 0 fully saturated rings. The number of fused-ring (bicyclic) bond motifs is 1. The van der Waals surface area contributed by atoms with Crippen LogP contribution in [0.25, 0.3) is 10.9 Å². The molecule has 786 valence electrons. The maximum Gasteiger partial charge on any atom is 0.303 e. The quantitative estimate of drug-likeness (QED) is 0.0225. The van der Waals surface area contributed by atoms with E-state index in [1.807, 2.05) is 6.08 Å². The number of aliphatic carboxylic acids is 1. The number of rotatable bonds is 39. The molecule has 3 aromatic carbocycles. The number of H-pyrrole nitrogens is 1. The van der Waals surface area contributed by atoms with Gasteiger partial charge in [0, 0.05) is 75.1 Å². The molecule has 4 unspecified atom stereocenters. The van der Waals surface area contributed by atoms with Crippen LogP contribution < -0.4 is 91.2 Å². The zero-order chi connectivity index (χ0) is 105. The highest BCUT2D eigenvalue weighted by molar-refractivity contribution is 6.41. The van der Waals surface area contributed by atoms with E-state index in [9.17, 15) is 86.8 Å². The van der Waals surface area contributed by atoms with Crippen molar-refractivity contribution in [3.63, 3.8) is 0 Å². The molecule has 142 heavy (non-hydrogen) atoms. The zero-order valence-corrected chi connectivity index (χ0v) is 82.0. The standard InChI is InChI=1S/C97H140F2N18O23.2CH4/c1-50(2)41-64-49-104-70(35-37-76(100)121)82(127)81(126)55(8)106-89(134)75(46-63-48-103-69-28-24-23-27-66(63)69)112-90(135)73(44-61-29-32-65(120)33-30-61)111-88(133)71(36-38-77(122)123)114-95(140)97(15,117-92(137)74(45-62-31-34-67(98)68(99)43-62)113-93(138)78(59(12)118)115-91(136)72(42-51(3)4)110-60(13)119)40-26-22-20-18-16-17-19-21-25-39-96(14,116-87(64)132)94(139)109-58(11)86(131)108-57(10)85(130)107-56(9)84(129)105-54(7)80(125)79(124)53(6)102-47-52(5)83(101)128;;/h17,19,23-24,27-34,43,48,50-59,64,70-75,78,102-104,118,120H,16,18,20-22,25-26,35-42,44-47,49H2,1-15H3,(H2,100,121)(H2,101,128)(H,105,129)(H,106,134)(H,107,130)(H,108,131)(H,109,139)(H,110,119)(H,111,133)(H,112,135)(H,113,138)(H,114,140)(H,115,136)(H,116,132)(H,117,137)(H,122,123);2*1H4/b19-17+;;/t52-,53-,54-,55?,56?,57-,58?,59+,64+,70-,71-,72-,73?,74-,75-,78-,96-,97+;;/m0../s1. The second-order valence-corrected chi connectivity index (χ2v) is 37.4. The number of nitrogens with one attached hydrogen (secondary N) is 16. The second-order valence-electron chi connectivity index (χ2n) is 37.4. The molecular weight excluding hydrogens is 1850 g/mol. The Morgan fingerprint density at radius 1 is 0.542 bits per heavy atom. The number of hydrogen-bond acceptors (Lipinski definition) is 24. The fourth-order valence-electron chi connectivity index (χ4n) is 15.4. The highest BCUT2D eigenvalue weighted by Crippen LogP contribution is 2.26. The third-order valence-electron chi connectivity index (χ3n) is 23.9. The van der Waals surface area contributed by atoms with E-state index in [-0.39, 0.29) is 101 Å². The monoisotopic (exact) mass is 2000 g/mol. The van der Waals surface area contributed by atoms with Gasteiger partial charge in [-0.3, -0.25) is 95.9 Å². The van der Waals surface area contributed by atoms with Crippen LogP contribution >= 0.6 is 0 Å². The van der Waals surface area contributed by atoms with Crippen molar-refractivity contribution in [2.45, 2.75) is 330 Å². The number of hydrogen-bond donors (Lipinski definition) is 21. The number of carboxylic acids is 1. The highest BCUT2D eigenvalue weighted by atomic mass is 19.2. The number of primary amides is 2. The number of para-hydroxylation sites is 1. The first-order valence-corrected chi connectivity index (χ1v) is 47.1. The molecule has 0 spiro atoms. The van der Waals surface area contributed by atoms with Crippen LogP contribution in [0.5, 0.6) is 5.75 Å². The van der Waals surface area contributed by atoms with E-state index >= 15 is 33.2 Å². The van der Waals surface area contributed by atoms with Crippen molar-refractivity contribution < 1.29 is 120 Å². The number of amides is 15. The van der Waals surface area contributed by atoms with Gasteiger partial charge in [0.05, 0.1) is 36.2 Å². The van der Waals surface area contributed by atoms with E-state index in [0.717, 1.165) is 39.0 Å². The molecule has 1 aliphatic rings. The number of aliphatic hydroxyl groups is 1. The zero-order valence-electron chi connectivity index (χ0n) is 82.0. The van der Waals surface area contributed by atoms with Crippen LogP contribution in [-0.2, 0) is 115 Å². The Hall–Kier alpha value is -13.3. The lowest BCUT2D eigenvalue weighted by Crippen LogP contribution is -2.65. The Bertz CT molecular complexity index is 5110. The summed E-state index contributed by atoms with van der Waals surface area (Å²) in [7, 11) is 0. The number of halogens is 2. The number of aromatic amines is 1. The molecule has 43 heteroatoms. The number of carboxylic acid groups (broad SMARTS) is 1. The summed E-state index contributed by atoms with van der Waals surface area (Å²) in [6, 6.07) is -5.68. The lowest BCUT2D eigenvalue weighted by Gasteiger charge is -2.34. The predicted octanol–water partition coefficient (Wildman–Crippen LogP) is 2.29. The number of aromatic nitrogens is 1. The summed E-state index contributed by atoms with van der Waals surface area (Å²) in [5, 5.41) is 71.1. The van der Waals surface area contributed by atoms with Crippen molar-refractivity contribution >= 4 is 129 Å². The minimum absolute atomic E-state index is 0. The van der Waals surface area contributed by atoms with Crippen molar-refractivity contribution in [1.29, 1.82) is 0 Å². The van der Waals surface area contributed by atoms with Gasteiger partial charge in [-0.2, -0.15) is 0 Å². The van der Waals surface area contributed by atoms with Crippen LogP contribution in [0.1, 0.15) is 232 Å². The fourth-order valence-corrected chi connectivity index (χ4v) is 15.4. The van der Waals surface area contributed by atoms with Crippen LogP contribution in [0.4, 0.5) is 8.78 Å². The Morgan fingerprint density at radius 2 is 1.10 bits per heavy atom. The van der Waals surface area contributed by atoms with E-state index < -0.39 is 282 Å². The Morgan fingerprint density at radius 3 is 1.68 bits per heavy atom. The maximum atomic E-state index is 15.6. The van der Waals surface area contributed by atoms with Gasteiger partial charge in [-0.1, -0.05) is 117 Å². The molecule has 2 heterocycles. The third-order valence-corrected chi connectivity index (χ3v) is 23.9. The van der Waals surface area contributed by atoms with Gasteiger partial charge in [0.2, 0.25) is 112 Å². The van der Waals surface area contributed by atoms with Crippen molar-refractivity contribution in [3.8, 4) is 5.75 Å². The smallest absolute Gasteiger partial charge is 0.303 e. The van der Waals surface area contributed by atoms with Crippen LogP contribution in [0, 0.1) is 35.3 Å². The van der Waals surface area contributed by atoms with Gasteiger partial charge in [-0.05, 0) is 185 Å². The number of allylic oxidation sites excluding steroid dienone is 2. The average Bonchev–Trinajstić information content (AvgIpc) is 1.54. The first-order valence-electron chi connectivity index (χ1n) is 47.1. The molecule has 4 aromatic rings. The van der Waals surface area contributed by atoms with Crippen molar-refractivity contribution in [1.82, 2.24) is 84.7 Å². The number of Topliss-reactive ketones (excluding diaryl/α,β-unsaturated/α-hetero) is 4. The summed E-state index contributed by atoms with van der Waals surface area (Å²) >= 11 is 0. The molecule has 23 N–H and O–H groups in total. The van der Waals surface area contributed by atoms with Gasteiger partial charge in [0.25, 0.3) is 0 Å². The number of aromatic hydroxyl groups is 1. The average molecular weight is 2000 g/mol. The molecule has 5 rings (SSSR count). The summed E-state index contributed by atoms with van der Waals surface area (Å²) in [5.74, 6) is -25.4. The maximum absolute atomic E-state index is 15.6. The lowest BCUT2D eigenvalue weighted by molar-refractivity contribution is -0.140. The highest BCUT2D eigenvalue weighted by Gasteiger charge is 2.44. The molecule has 0 radical (unpaired) electrons. The molecule has 0 saturated heterocycles. The lowest BCUT2D eigenvalue weighted by atomic mass is 9.89. The fraction of sp³-hybridized carbons (Fsp3) is 0.576. The van der Waals surface area contributed by atoms with Crippen LogP contribution in [0.3, 0.4) is 0 Å². The molecule has 1 aromatic heterocycles. The van der Waals surface area contributed by atoms with E-state index in [0.29, 0.717) is 42.1 Å². The van der Waals surface area contributed by atoms with Gasteiger partial charge >= 0.3 is 5.97 Å². The van der Waals surface area contributed by atoms with E-state index in [1.54, 1.807) is 64.2 Å². The van der Waals surface area contributed by atoms with Gasteiger partial charge in [0.15, 0.2) is 11.6 Å². The number of benzene rings is 3. The van der Waals surface area contributed by atoms with Crippen LogP contribution in [0.15, 0.2) is 85.1 Å². The van der Waals surface area contributed by atoms with Crippen LogP contribution in [0.2, 0.25) is 0 Å². The SMILES string of the molecule is C.C.CC(=O)N[C@@H](CC(C)C)C(=O)N[C@H](C(=O)N[C@@H](Cc1ccc(F)c(F)c1)C(=O)N[C@]1(C)CCCCCC/C=C/CCC[C@@](C)(C(=O)NC(C)C(=O)N[C@@H](C)C(=O)NC(C)C(=O)N[C@@H](C)C(=O)C(=O)[C@H](C)NC[C@H](C)C(N)=O)NC(=O)[C@H](CC(C)C)CN[C@@H](CCC(N)=O)C(=O)C(=O)C(C)NC(=O)[C@H](Cc2c[nH]c3ccccc23)NC(=O)C(Cc2ccc(O)cc2)NC(=O)[C@H](CCC(=O)O)NC1=O)[C@@H](C)O. The number of nitrogens with two attached hydrogens (primary N) is 2. The molecular formula is C99H148F2N18O23. The molecule has 0 aliphatic carbocycles. The molecule has 0 bridgehead atoms. The summed E-state index contributed by atoms with van der Waals surface area (Å²) in [4.78, 5) is 283. The molecule has 41 nitrogen and oxygen atoms in total. The number of phenols is 1. The van der Waals surface area contributed by atoms with Crippen LogP contribution in [-0.4, -0.2) is 247 Å². The first kappa shape index (κ1) is 123. The topological polar surface area (TPSA) is 650 Å². The summed E-state index contributed by atoms with van der Waals surface area (Å²) < 4.78 is 29.7. The molecule has 18 atom stereocenters. The largest absolute Gasteiger partial charge is 0.508 e.